The van der Waals surface area contributed by atoms with Gasteiger partial charge >= 0.3 is 6.18 Å². The van der Waals surface area contributed by atoms with Crippen LogP contribution in [0.2, 0.25) is 0 Å². The van der Waals surface area contributed by atoms with Crippen LogP contribution in [0.25, 0.3) is 11.0 Å². The van der Waals surface area contributed by atoms with Gasteiger partial charge in [-0.25, -0.2) is 4.98 Å². The van der Waals surface area contributed by atoms with E-state index in [1.807, 2.05) is 28.8 Å². The number of nitrogens with zero attached hydrogens (tertiary/aromatic N) is 3. The Labute approximate surface area is 164 Å². The molecule has 2 aromatic heterocycles. The van der Waals surface area contributed by atoms with Crippen LogP contribution in [0.4, 0.5) is 13.2 Å². The normalized spacial score (nSPS) is 13.1. The highest BCUT2D eigenvalue weighted by atomic mass is 32.2. The fraction of sp³-hybridized carbons (Fsp3) is 0.368. The van der Waals surface area contributed by atoms with E-state index in [-0.39, 0.29) is 5.75 Å². The lowest BCUT2D eigenvalue weighted by Crippen LogP contribution is -2.19. The molecule has 150 valence electrons. The summed E-state index contributed by atoms with van der Waals surface area (Å²) in [5.74, 6) is 0.582. The number of hydrogen-bond donors (Lipinski definition) is 1. The number of ether oxygens (including phenoxy) is 1. The SMILES string of the molecule is Cc1c(OCC(F)(F)F)ccnc1CSc1nc2ccccc2n1CC(C)O. The third-order valence-corrected chi connectivity index (χ3v) is 5.04. The first-order valence-electron chi connectivity index (χ1n) is 8.65. The first kappa shape index (κ1) is 20.5. The predicted molar refractivity (Wildman–Crippen MR) is 101 cm³/mol. The van der Waals surface area contributed by atoms with E-state index in [0.29, 0.717) is 28.7 Å². The van der Waals surface area contributed by atoms with E-state index >= 15 is 0 Å². The van der Waals surface area contributed by atoms with Crippen molar-refractivity contribution in [3.8, 4) is 5.75 Å². The van der Waals surface area contributed by atoms with Gasteiger partial charge in [0.15, 0.2) is 11.8 Å². The maximum Gasteiger partial charge on any atom is 0.422 e. The molecule has 0 aliphatic rings. The zero-order valence-corrected chi connectivity index (χ0v) is 16.2. The highest BCUT2D eigenvalue weighted by Gasteiger charge is 2.28. The Kier molecular flexibility index (Phi) is 6.14. The maximum atomic E-state index is 12.4. The minimum atomic E-state index is -4.39. The van der Waals surface area contributed by atoms with E-state index in [1.165, 1.54) is 24.0 Å². The van der Waals surface area contributed by atoms with Crippen LogP contribution in [-0.4, -0.2) is 38.5 Å². The van der Waals surface area contributed by atoms with Gasteiger partial charge in [-0.15, -0.1) is 0 Å². The van der Waals surface area contributed by atoms with E-state index in [4.69, 9.17) is 4.74 Å². The summed E-state index contributed by atoms with van der Waals surface area (Å²) in [5.41, 5.74) is 2.92. The van der Waals surface area contributed by atoms with Crippen molar-refractivity contribution >= 4 is 22.8 Å². The minimum absolute atomic E-state index is 0.167. The van der Waals surface area contributed by atoms with Crippen LogP contribution in [-0.2, 0) is 12.3 Å². The van der Waals surface area contributed by atoms with E-state index in [9.17, 15) is 18.3 Å². The smallest absolute Gasteiger partial charge is 0.422 e. The number of para-hydroxylation sites is 2. The highest BCUT2D eigenvalue weighted by Crippen LogP contribution is 2.30. The maximum absolute atomic E-state index is 12.4. The standard InChI is InChI=1S/C19H20F3N3O2S/c1-12(26)9-25-16-6-4-3-5-14(16)24-18(25)28-10-15-13(2)17(7-8-23-15)27-11-19(20,21)22/h3-8,12,26H,9-11H2,1-2H3. The van der Waals surface area contributed by atoms with Crippen molar-refractivity contribution in [2.45, 2.75) is 43.6 Å². The number of aliphatic hydroxyl groups excluding tert-OH is 1. The van der Waals surface area contributed by atoms with Crippen LogP contribution < -0.4 is 4.74 Å². The number of aromatic nitrogens is 3. The molecule has 1 aromatic carbocycles. The van der Waals surface area contributed by atoms with Gasteiger partial charge in [-0.1, -0.05) is 23.9 Å². The molecule has 3 aromatic rings. The molecule has 0 aliphatic heterocycles. The average molecular weight is 411 g/mol. The van der Waals surface area contributed by atoms with Gasteiger partial charge in [-0.2, -0.15) is 13.2 Å². The quantitative estimate of drug-likeness (QED) is 0.586. The van der Waals surface area contributed by atoms with E-state index < -0.39 is 18.9 Å². The summed E-state index contributed by atoms with van der Waals surface area (Å²) in [7, 11) is 0. The molecule has 0 fully saturated rings. The number of fused-ring (bicyclic) bond motifs is 1. The number of halogens is 3. The Balaban J connectivity index is 1.81. The van der Waals surface area contributed by atoms with E-state index in [1.54, 1.807) is 13.8 Å². The fourth-order valence-electron chi connectivity index (χ4n) is 2.76. The third-order valence-electron chi connectivity index (χ3n) is 4.05. The Hall–Kier alpha value is -2.26. The molecule has 3 rings (SSSR count). The lowest BCUT2D eigenvalue weighted by Gasteiger charge is -2.14. The number of rotatable bonds is 7. The monoisotopic (exact) mass is 411 g/mol. The molecule has 1 unspecified atom stereocenters. The number of thioether (sulfide) groups is 1. The molecule has 0 radical (unpaired) electrons. The van der Waals surface area contributed by atoms with Crippen molar-refractivity contribution in [2.75, 3.05) is 6.61 Å². The molecule has 0 spiro atoms. The third kappa shape index (κ3) is 4.96. The second-order valence-electron chi connectivity index (χ2n) is 6.42. The first-order chi connectivity index (χ1) is 13.2. The Morgan fingerprint density at radius 3 is 2.71 bits per heavy atom. The molecule has 5 nitrogen and oxygen atoms in total. The van der Waals surface area contributed by atoms with Crippen molar-refractivity contribution in [1.82, 2.24) is 14.5 Å². The lowest BCUT2D eigenvalue weighted by atomic mass is 10.2. The number of alkyl halides is 3. The van der Waals surface area contributed by atoms with Gasteiger partial charge in [0.1, 0.15) is 5.75 Å². The zero-order valence-electron chi connectivity index (χ0n) is 15.4. The summed E-state index contributed by atoms with van der Waals surface area (Å²) >= 11 is 1.41. The molecule has 28 heavy (non-hydrogen) atoms. The van der Waals surface area contributed by atoms with Crippen LogP contribution >= 0.6 is 11.8 Å². The van der Waals surface area contributed by atoms with Crippen molar-refractivity contribution < 1.29 is 23.0 Å². The number of pyridine rings is 1. The molecule has 0 aliphatic carbocycles. The first-order valence-corrected chi connectivity index (χ1v) is 9.63. The predicted octanol–water partition coefficient (Wildman–Crippen LogP) is 4.35. The van der Waals surface area contributed by atoms with Crippen LogP contribution in [0.15, 0.2) is 41.7 Å². The number of hydrogen-bond acceptors (Lipinski definition) is 5. The van der Waals surface area contributed by atoms with E-state index in [0.717, 1.165) is 11.0 Å². The van der Waals surface area contributed by atoms with Gasteiger partial charge in [0, 0.05) is 17.5 Å². The summed E-state index contributed by atoms with van der Waals surface area (Å²) in [6, 6.07) is 9.06. The highest BCUT2D eigenvalue weighted by molar-refractivity contribution is 7.98. The molecule has 1 N–H and O–H groups in total. The number of benzene rings is 1. The summed E-state index contributed by atoms with van der Waals surface area (Å²) in [4.78, 5) is 8.88. The van der Waals surface area contributed by atoms with E-state index in [2.05, 4.69) is 9.97 Å². The molecule has 0 saturated carbocycles. The van der Waals surface area contributed by atoms with Gasteiger partial charge in [0.2, 0.25) is 0 Å². The molecular formula is C19H20F3N3O2S. The Morgan fingerprint density at radius 2 is 2.00 bits per heavy atom. The second-order valence-corrected chi connectivity index (χ2v) is 7.36. The van der Waals surface area contributed by atoms with Gasteiger partial charge in [0.05, 0.1) is 29.4 Å². The van der Waals surface area contributed by atoms with Crippen LogP contribution in [0.5, 0.6) is 5.75 Å². The zero-order chi connectivity index (χ0) is 20.3. The number of imidazole rings is 1. The largest absolute Gasteiger partial charge is 0.484 e. The van der Waals surface area contributed by atoms with Crippen molar-refractivity contribution in [1.29, 1.82) is 0 Å². The van der Waals surface area contributed by atoms with Gasteiger partial charge in [-0.3, -0.25) is 4.98 Å². The topological polar surface area (TPSA) is 60.2 Å². The lowest BCUT2D eigenvalue weighted by molar-refractivity contribution is -0.153. The number of aliphatic hydroxyl groups is 1. The summed E-state index contributed by atoms with van der Waals surface area (Å²) in [6.45, 7) is 2.45. The molecular weight excluding hydrogens is 391 g/mol. The molecule has 9 heteroatoms. The summed E-state index contributed by atoms with van der Waals surface area (Å²) in [6.07, 6.45) is -3.50. The second kappa shape index (κ2) is 8.40. The van der Waals surface area contributed by atoms with Crippen molar-refractivity contribution in [2.24, 2.45) is 0 Å². The summed E-state index contributed by atoms with van der Waals surface area (Å²) in [5, 5.41) is 10.5. The van der Waals surface area contributed by atoms with Crippen molar-refractivity contribution in [3.63, 3.8) is 0 Å². The van der Waals surface area contributed by atoms with Gasteiger partial charge < -0.3 is 14.4 Å². The molecule has 0 bridgehead atoms. The molecule has 0 amide bonds. The Morgan fingerprint density at radius 1 is 1.25 bits per heavy atom. The molecule has 0 saturated heterocycles. The molecule has 2 heterocycles. The average Bonchev–Trinajstić information content (AvgIpc) is 2.96. The Bertz CT molecular complexity index is 957. The van der Waals surface area contributed by atoms with Gasteiger partial charge in [-0.05, 0) is 32.0 Å². The van der Waals surface area contributed by atoms with Gasteiger partial charge in [0.25, 0.3) is 0 Å². The minimum Gasteiger partial charge on any atom is -0.484 e. The van der Waals surface area contributed by atoms with Crippen LogP contribution in [0.1, 0.15) is 18.2 Å². The van der Waals surface area contributed by atoms with Crippen LogP contribution in [0, 0.1) is 6.92 Å². The summed E-state index contributed by atoms with van der Waals surface area (Å²) < 4.78 is 44.1. The van der Waals surface area contributed by atoms with Crippen LogP contribution in [0.3, 0.4) is 0 Å². The molecule has 1 atom stereocenters. The van der Waals surface area contributed by atoms with Crippen molar-refractivity contribution in [3.05, 3.63) is 47.8 Å². The fourth-order valence-corrected chi connectivity index (χ4v) is 3.81.